The lowest BCUT2D eigenvalue weighted by atomic mass is 10.2. The topological polar surface area (TPSA) is 78.4 Å². The first kappa shape index (κ1) is 12.8. The smallest absolute Gasteiger partial charge is 0.177 e. The summed E-state index contributed by atoms with van der Waals surface area (Å²) in [6.07, 6.45) is 8.50. The molecular weight excluding hydrogens is 290 g/mol. The minimum Gasteiger partial charge on any atom is -0.346 e. The van der Waals surface area contributed by atoms with Crippen LogP contribution in [0.5, 0.6) is 0 Å². The Morgan fingerprint density at radius 1 is 1.22 bits per heavy atom. The second-order valence-electron chi connectivity index (χ2n) is 6.18. The molecule has 1 atom stereocenters. The van der Waals surface area contributed by atoms with E-state index in [2.05, 4.69) is 42.5 Å². The summed E-state index contributed by atoms with van der Waals surface area (Å²) in [5.74, 6) is 1.69. The van der Waals surface area contributed by atoms with Crippen molar-refractivity contribution in [2.24, 2.45) is 0 Å². The van der Waals surface area contributed by atoms with Gasteiger partial charge in [-0.2, -0.15) is 0 Å². The molecule has 5 heterocycles. The molecule has 0 bridgehead atoms. The number of aromatic nitrogens is 6. The molecule has 0 saturated carbocycles. The molecule has 1 saturated heterocycles. The van der Waals surface area contributed by atoms with Crippen LogP contribution in [0.1, 0.15) is 12.5 Å². The van der Waals surface area contributed by atoms with E-state index in [1.54, 1.807) is 6.20 Å². The van der Waals surface area contributed by atoms with Gasteiger partial charge in [0, 0.05) is 36.6 Å². The number of nitrogens with one attached hydrogen (secondary N) is 2. The van der Waals surface area contributed by atoms with Crippen molar-refractivity contribution in [2.75, 3.05) is 20.1 Å². The number of rotatable bonds is 2. The number of pyridine rings is 1. The summed E-state index contributed by atoms with van der Waals surface area (Å²) < 4.78 is 2.34. The van der Waals surface area contributed by atoms with Gasteiger partial charge in [0.15, 0.2) is 11.6 Å². The van der Waals surface area contributed by atoms with Gasteiger partial charge in [-0.3, -0.25) is 0 Å². The van der Waals surface area contributed by atoms with E-state index in [0.717, 1.165) is 53.2 Å². The van der Waals surface area contributed by atoms with Gasteiger partial charge in [0.1, 0.15) is 11.2 Å². The van der Waals surface area contributed by atoms with E-state index >= 15 is 0 Å². The molecule has 1 aliphatic heterocycles. The summed E-state index contributed by atoms with van der Waals surface area (Å²) in [5.41, 5.74) is 2.96. The molecule has 0 aliphatic carbocycles. The molecule has 7 heteroatoms. The fourth-order valence-corrected chi connectivity index (χ4v) is 3.62. The molecule has 1 fully saturated rings. The summed E-state index contributed by atoms with van der Waals surface area (Å²) >= 11 is 0. The van der Waals surface area contributed by atoms with Gasteiger partial charge in [0.05, 0.1) is 11.7 Å². The van der Waals surface area contributed by atoms with E-state index in [-0.39, 0.29) is 0 Å². The molecule has 7 nitrogen and oxygen atoms in total. The molecular formula is C16H17N7. The van der Waals surface area contributed by atoms with Crippen LogP contribution in [-0.4, -0.2) is 54.5 Å². The number of H-pyrrole nitrogens is 2. The summed E-state index contributed by atoms with van der Waals surface area (Å²) in [6, 6.07) is 2.47. The van der Waals surface area contributed by atoms with Crippen molar-refractivity contribution in [1.29, 1.82) is 0 Å². The molecule has 5 rings (SSSR count). The van der Waals surface area contributed by atoms with E-state index in [1.165, 1.54) is 0 Å². The molecule has 23 heavy (non-hydrogen) atoms. The SMILES string of the molecule is CN1CCC(n2c(-c3ncc[nH]3)nc3cnc4[nH]ccc4c32)C1. The zero-order chi connectivity index (χ0) is 15.4. The Balaban J connectivity index is 1.86. The van der Waals surface area contributed by atoms with Gasteiger partial charge in [-0.05, 0) is 26.1 Å². The van der Waals surface area contributed by atoms with Gasteiger partial charge in [0.25, 0.3) is 0 Å². The summed E-state index contributed by atoms with van der Waals surface area (Å²) in [4.78, 5) is 22.5. The van der Waals surface area contributed by atoms with Gasteiger partial charge >= 0.3 is 0 Å². The zero-order valence-electron chi connectivity index (χ0n) is 12.8. The molecule has 2 N–H and O–H groups in total. The molecule has 4 aromatic heterocycles. The van der Waals surface area contributed by atoms with Crippen molar-refractivity contribution in [2.45, 2.75) is 12.5 Å². The van der Waals surface area contributed by atoms with Crippen LogP contribution in [0, 0.1) is 0 Å². The van der Waals surface area contributed by atoms with Crippen molar-refractivity contribution < 1.29 is 0 Å². The summed E-state index contributed by atoms with van der Waals surface area (Å²) in [7, 11) is 2.17. The van der Waals surface area contributed by atoms with E-state index in [9.17, 15) is 0 Å². The predicted octanol–water partition coefficient (Wildman–Crippen LogP) is 2.18. The number of aromatic amines is 2. The molecule has 1 aliphatic rings. The summed E-state index contributed by atoms with van der Waals surface area (Å²) in [5, 5.41) is 1.11. The Labute approximate surface area is 132 Å². The highest BCUT2D eigenvalue weighted by Crippen LogP contribution is 2.34. The fraction of sp³-hybridized carbons (Fsp3) is 0.312. The first-order valence-electron chi connectivity index (χ1n) is 7.83. The molecule has 0 radical (unpaired) electrons. The number of likely N-dealkylation sites (N-methyl/N-ethyl adjacent to an activating group) is 1. The lowest BCUT2D eigenvalue weighted by Crippen LogP contribution is -2.17. The fourth-order valence-electron chi connectivity index (χ4n) is 3.62. The second-order valence-corrected chi connectivity index (χ2v) is 6.18. The Kier molecular flexibility index (Phi) is 2.60. The first-order chi connectivity index (χ1) is 11.3. The van der Waals surface area contributed by atoms with Crippen LogP contribution in [0.4, 0.5) is 0 Å². The highest BCUT2D eigenvalue weighted by atomic mass is 15.2. The van der Waals surface area contributed by atoms with Crippen molar-refractivity contribution >= 4 is 22.1 Å². The van der Waals surface area contributed by atoms with Crippen LogP contribution >= 0.6 is 0 Å². The second kappa shape index (κ2) is 4.66. The Hall–Kier alpha value is -2.67. The monoisotopic (exact) mass is 307 g/mol. The minimum absolute atomic E-state index is 0.394. The molecule has 1 unspecified atom stereocenters. The quantitative estimate of drug-likeness (QED) is 0.595. The molecule has 0 amide bonds. The zero-order valence-corrected chi connectivity index (χ0v) is 12.8. The van der Waals surface area contributed by atoms with E-state index in [1.807, 2.05) is 18.6 Å². The number of nitrogens with zero attached hydrogens (tertiary/aromatic N) is 5. The van der Waals surface area contributed by atoms with Gasteiger partial charge in [-0.25, -0.2) is 15.0 Å². The standard InChI is InChI=1S/C16H17N7/c1-22-7-3-10(9-22)23-13-11-2-4-17-14(11)20-8-12(13)21-16(23)15-18-5-6-19-15/h2,4-6,8,10H,3,7,9H2,1H3,(H,17,20)(H,18,19). The van der Waals surface area contributed by atoms with Crippen molar-refractivity contribution in [3.63, 3.8) is 0 Å². The Morgan fingerprint density at radius 2 is 2.17 bits per heavy atom. The van der Waals surface area contributed by atoms with Crippen molar-refractivity contribution in [3.8, 4) is 11.6 Å². The lowest BCUT2D eigenvalue weighted by Gasteiger charge is -2.16. The molecule has 0 aromatic carbocycles. The van der Waals surface area contributed by atoms with E-state index < -0.39 is 0 Å². The third kappa shape index (κ3) is 1.83. The molecule has 0 spiro atoms. The van der Waals surface area contributed by atoms with Gasteiger partial charge in [-0.15, -0.1) is 0 Å². The Morgan fingerprint density at radius 3 is 2.96 bits per heavy atom. The number of hydrogen-bond acceptors (Lipinski definition) is 4. The van der Waals surface area contributed by atoms with Crippen LogP contribution in [0.3, 0.4) is 0 Å². The van der Waals surface area contributed by atoms with Crippen LogP contribution in [-0.2, 0) is 0 Å². The maximum absolute atomic E-state index is 4.83. The number of hydrogen-bond donors (Lipinski definition) is 2. The average molecular weight is 307 g/mol. The normalized spacial score (nSPS) is 19.3. The summed E-state index contributed by atoms with van der Waals surface area (Å²) in [6.45, 7) is 2.12. The first-order valence-corrected chi connectivity index (χ1v) is 7.83. The molecule has 4 aromatic rings. The van der Waals surface area contributed by atoms with Gasteiger partial charge < -0.3 is 19.4 Å². The average Bonchev–Trinajstić information content (AvgIpc) is 3.31. The highest BCUT2D eigenvalue weighted by molar-refractivity contribution is 6.02. The van der Waals surface area contributed by atoms with Crippen LogP contribution in [0.2, 0.25) is 0 Å². The van der Waals surface area contributed by atoms with Crippen LogP contribution < -0.4 is 0 Å². The maximum atomic E-state index is 4.83. The third-order valence-electron chi connectivity index (χ3n) is 4.68. The third-order valence-corrected chi connectivity index (χ3v) is 4.68. The van der Waals surface area contributed by atoms with Crippen molar-refractivity contribution in [3.05, 3.63) is 30.9 Å². The largest absolute Gasteiger partial charge is 0.346 e. The Bertz CT molecular complexity index is 979. The maximum Gasteiger partial charge on any atom is 0.177 e. The lowest BCUT2D eigenvalue weighted by molar-refractivity contribution is 0.395. The van der Waals surface area contributed by atoms with E-state index in [0.29, 0.717) is 6.04 Å². The number of fused-ring (bicyclic) bond motifs is 3. The highest BCUT2D eigenvalue weighted by Gasteiger charge is 2.27. The van der Waals surface area contributed by atoms with Crippen molar-refractivity contribution in [1.82, 2.24) is 34.4 Å². The number of likely N-dealkylation sites (tertiary alicyclic amines) is 1. The predicted molar refractivity (Wildman–Crippen MR) is 88.1 cm³/mol. The van der Waals surface area contributed by atoms with E-state index in [4.69, 9.17) is 4.98 Å². The molecule has 116 valence electrons. The van der Waals surface area contributed by atoms with Crippen LogP contribution in [0.25, 0.3) is 33.7 Å². The van der Waals surface area contributed by atoms with Crippen LogP contribution in [0.15, 0.2) is 30.9 Å². The number of imidazole rings is 2. The van der Waals surface area contributed by atoms with Gasteiger partial charge in [-0.1, -0.05) is 0 Å². The van der Waals surface area contributed by atoms with Gasteiger partial charge in [0.2, 0.25) is 0 Å². The minimum atomic E-state index is 0.394.